The summed E-state index contributed by atoms with van der Waals surface area (Å²) in [4.78, 5) is 80.0. The number of benzene rings is 5. The second kappa shape index (κ2) is 9.07. The Labute approximate surface area is 237 Å². The van der Waals surface area contributed by atoms with Gasteiger partial charge in [-0.05, 0) is 70.4 Å². The van der Waals surface area contributed by atoms with E-state index in [1.54, 1.807) is 62.4 Å². The van der Waals surface area contributed by atoms with Gasteiger partial charge in [0.1, 0.15) is 13.1 Å². The third-order valence-electron chi connectivity index (χ3n) is 7.99. The molecule has 208 valence electrons. The van der Waals surface area contributed by atoms with Gasteiger partial charge in [0.2, 0.25) is 0 Å². The first-order chi connectivity index (χ1) is 20.3. The van der Waals surface area contributed by atoms with Crippen molar-refractivity contribution in [2.75, 3.05) is 26.3 Å². The summed E-state index contributed by atoms with van der Waals surface area (Å²) in [6.45, 7) is 2.57. The second-order valence-corrected chi connectivity index (χ2v) is 10.1. The van der Waals surface area contributed by atoms with E-state index in [0.717, 1.165) is 31.3 Å². The van der Waals surface area contributed by atoms with Crippen LogP contribution in [0.3, 0.4) is 0 Å². The molecule has 0 spiro atoms. The average Bonchev–Trinajstić information content (AvgIpc) is 2.98. The minimum atomic E-state index is -0.674. The molecule has 0 aliphatic carbocycles. The molecule has 0 fully saturated rings. The van der Waals surface area contributed by atoms with Crippen LogP contribution in [0.1, 0.15) is 55.3 Å². The van der Waals surface area contributed by atoms with Crippen molar-refractivity contribution in [1.29, 1.82) is 0 Å². The van der Waals surface area contributed by atoms with Gasteiger partial charge in [0.15, 0.2) is 0 Å². The van der Waals surface area contributed by atoms with E-state index >= 15 is 0 Å². The van der Waals surface area contributed by atoms with Crippen LogP contribution in [-0.4, -0.2) is 71.7 Å². The van der Waals surface area contributed by atoms with E-state index in [-0.39, 0.29) is 13.2 Å². The smallest absolute Gasteiger partial charge is 0.326 e. The highest BCUT2D eigenvalue weighted by molar-refractivity contribution is 6.41. The Hall–Kier alpha value is -5.38. The number of hydrogen-bond donors (Lipinski definition) is 0. The quantitative estimate of drug-likeness (QED) is 0.131. The first-order valence-electron chi connectivity index (χ1n) is 13.5. The molecule has 5 aromatic rings. The molecule has 0 bridgehead atoms. The van der Waals surface area contributed by atoms with Crippen LogP contribution in [0.15, 0.2) is 48.5 Å². The molecule has 42 heavy (non-hydrogen) atoms. The second-order valence-electron chi connectivity index (χ2n) is 10.1. The fraction of sp³-hybridized carbons (Fsp3) is 0.188. The van der Waals surface area contributed by atoms with Crippen LogP contribution in [0.5, 0.6) is 0 Å². The molecule has 0 N–H and O–H groups in total. The number of amides is 4. The van der Waals surface area contributed by atoms with Crippen molar-refractivity contribution in [2.24, 2.45) is 0 Å². The lowest BCUT2D eigenvalue weighted by Gasteiger charge is -2.29. The predicted molar refractivity (Wildman–Crippen MR) is 152 cm³/mol. The molecule has 7 rings (SSSR count). The molecule has 10 nitrogen and oxygen atoms in total. The van der Waals surface area contributed by atoms with E-state index in [0.29, 0.717) is 43.8 Å². The van der Waals surface area contributed by atoms with Crippen molar-refractivity contribution in [3.8, 4) is 0 Å². The van der Waals surface area contributed by atoms with Gasteiger partial charge >= 0.3 is 11.9 Å². The van der Waals surface area contributed by atoms with Crippen molar-refractivity contribution >= 4 is 78.7 Å². The van der Waals surface area contributed by atoms with Crippen LogP contribution >= 0.6 is 0 Å². The van der Waals surface area contributed by atoms with E-state index in [2.05, 4.69) is 0 Å². The molecule has 2 aliphatic rings. The Balaban J connectivity index is 1.46. The van der Waals surface area contributed by atoms with Crippen molar-refractivity contribution in [3.05, 3.63) is 70.8 Å². The predicted octanol–water partition coefficient (Wildman–Crippen LogP) is 4.06. The van der Waals surface area contributed by atoms with Crippen LogP contribution in [0, 0.1) is 0 Å². The molecular weight excluding hydrogens is 540 g/mol. The molecule has 0 unspecified atom stereocenters. The Morgan fingerprint density at radius 1 is 0.500 bits per heavy atom. The Morgan fingerprint density at radius 2 is 0.786 bits per heavy atom. The molecule has 0 saturated heterocycles. The maximum Gasteiger partial charge on any atom is 0.326 e. The normalized spacial score (nSPS) is 14.6. The molecule has 2 aliphatic heterocycles. The number of fused-ring (bicyclic) bond motifs is 2. The average molecular weight is 563 g/mol. The maximum atomic E-state index is 13.5. The molecule has 0 saturated carbocycles. The summed E-state index contributed by atoms with van der Waals surface area (Å²) >= 11 is 0. The van der Waals surface area contributed by atoms with Crippen molar-refractivity contribution in [3.63, 3.8) is 0 Å². The molecule has 0 radical (unpaired) electrons. The number of carbonyl (C=O) groups is 6. The molecule has 5 aromatic carbocycles. The zero-order valence-corrected chi connectivity index (χ0v) is 22.6. The van der Waals surface area contributed by atoms with Crippen LogP contribution in [0.25, 0.3) is 43.1 Å². The highest BCUT2D eigenvalue weighted by Gasteiger charge is 2.38. The summed E-state index contributed by atoms with van der Waals surface area (Å²) in [5.74, 6) is -3.69. The Kier molecular flexibility index (Phi) is 5.52. The van der Waals surface area contributed by atoms with E-state index in [4.69, 9.17) is 9.47 Å². The van der Waals surface area contributed by atoms with Gasteiger partial charge in [-0.3, -0.25) is 38.6 Å². The first kappa shape index (κ1) is 25.6. The summed E-state index contributed by atoms with van der Waals surface area (Å²) < 4.78 is 9.93. The van der Waals surface area contributed by atoms with Gasteiger partial charge in [0.05, 0.1) is 13.2 Å². The van der Waals surface area contributed by atoms with E-state index < -0.39 is 48.7 Å². The highest BCUT2D eigenvalue weighted by atomic mass is 16.5. The minimum Gasteiger partial charge on any atom is -0.465 e. The fourth-order valence-electron chi connectivity index (χ4n) is 6.33. The minimum absolute atomic E-state index is 0.128. The van der Waals surface area contributed by atoms with Gasteiger partial charge in [-0.2, -0.15) is 0 Å². The van der Waals surface area contributed by atoms with Crippen LogP contribution in [0.4, 0.5) is 0 Å². The van der Waals surface area contributed by atoms with Gasteiger partial charge < -0.3 is 9.47 Å². The molecule has 10 heteroatoms. The van der Waals surface area contributed by atoms with Gasteiger partial charge in [-0.25, -0.2) is 0 Å². The topological polar surface area (TPSA) is 127 Å². The van der Waals surface area contributed by atoms with Crippen LogP contribution < -0.4 is 0 Å². The Bertz CT molecular complexity index is 1830. The van der Waals surface area contributed by atoms with Gasteiger partial charge in [0, 0.05) is 33.0 Å². The van der Waals surface area contributed by atoms with E-state index in [1.165, 1.54) is 0 Å². The highest BCUT2D eigenvalue weighted by Crippen LogP contribution is 2.46. The zero-order valence-electron chi connectivity index (χ0n) is 22.6. The lowest BCUT2D eigenvalue weighted by molar-refractivity contribution is -0.144. The van der Waals surface area contributed by atoms with Gasteiger partial charge in [0.25, 0.3) is 23.6 Å². The number of nitrogens with zero attached hydrogens (tertiary/aromatic N) is 2. The molecule has 0 aromatic heterocycles. The van der Waals surface area contributed by atoms with E-state index in [1.807, 2.05) is 0 Å². The maximum absolute atomic E-state index is 13.5. The summed E-state index contributed by atoms with van der Waals surface area (Å²) in [6, 6.07) is 13.7. The first-order valence-corrected chi connectivity index (χ1v) is 13.5. The lowest BCUT2D eigenvalue weighted by atomic mass is 9.82. The Morgan fingerprint density at radius 3 is 1.05 bits per heavy atom. The SMILES string of the molecule is CCOC(=O)CN1C(=O)c2ccc3c4ccc5c6c(ccc(c7ccc(c2c37)C1=O)c64)C(=O)N(CC(=O)OCC)C5=O. The number of imide groups is 2. The summed E-state index contributed by atoms with van der Waals surface area (Å²) in [7, 11) is 0. The zero-order chi connectivity index (χ0) is 29.4. The van der Waals surface area contributed by atoms with Crippen LogP contribution in [0.2, 0.25) is 0 Å². The van der Waals surface area contributed by atoms with Crippen molar-refractivity contribution in [1.82, 2.24) is 9.80 Å². The molecular formula is C32H22N2O8. The summed E-state index contributed by atoms with van der Waals surface area (Å²) in [5, 5.41) is 5.38. The number of esters is 2. The number of hydrogen-bond acceptors (Lipinski definition) is 8. The molecule has 0 atom stereocenters. The molecule has 2 heterocycles. The fourth-order valence-corrected chi connectivity index (χ4v) is 6.33. The van der Waals surface area contributed by atoms with E-state index in [9.17, 15) is 28.8 Å². The van der Waals surface area contributed by atoms with Gasteiger partial charge in [-0.15, -0.1) is 0 Å². The summed E-state index contributed by atoms with van der Waals surface area (Å²) in [5.41, 5.74) is 1.18. The molecule has 4 amide bonds. The van der Waals surface area contributed by atoms with Crippen LogP contribution in [-0.2, 0) is 19.1 Å². The largest absolute Gasteiger partial charge is 0.465 e. The number of rotatable bonds is 6. The lowest BCUT2D eigenvalue weighted by Crippen LogP contribution is -2.44. The number of carbonyl (C=O) groups excluding carboxylic acids is 6. The monoisotopic (exact) mass is 562 g/mol. The van der Waals surface area contributed by atoms with Crippen molar-refractivity contribution < 1.29 is 38.2 Å². The van der Waals surface area contributed by atoms with Gasteiger partial charge in [-0.1, -0.05) is 24.3 Å². The number of ether oxygens (including phenoxy) is 2. The summed E-state index contributed by atoms with van der Waals surface area (Å²) in [6.07, 6.45) is 0. The standard InChI is InChI=1S/C32H22N2O8/c1-3-41-23(35)13-33-29(37)19-9-5-15-17-7-11-21-28-22(32(40)34(31(21)39)14-24(36)42-4-2)12-8-18(26(17)28)16-6-10-20(30(33)38)27(19)25(15)16/h5-12H,3-4,13-14H2,1-2H3. The third-order valence-corrected chi connectivity index (χ3v) is 7.99. The third kappa shape index (κ3) is 3.32. The van der Waals surface area contributed by atoms with Crippen molar-refractivity contribution in [2.45, 2.75) is 13.8 Å².